The van der Waals surface area contributed by atoms with Gasteiger partial charge < -0.3 is 25.4 Å². The maximum Gasteiger partial charge on any atom is 0.416 e. The maximum atomic E-state index is 14.6. The number of benzene rings is 2. The normalized spacial score (nSPS) is 18.5. The van der Waals surface area contributed by atoms with Gasteiger partial charge in [-0.1, -0.05) is 42.2 Å². The number of halogens is 4. The molecule has 0 spiro atoms. The van der Waals surface area contributed by atoms with Crippen LogP contribution in [0, 0.1) is 29.0 Å². The number of carbonyl (C=O) groups is 1. The number of aliphatic imine (C=N–C) groups is 1. The summed E-state index contributed by atoms with van der Waals surface area (Å²) in [7, 11) is 0. The van der Waals surface area contributed by atoms with Crippen LogP contribution in [0.3, 0.4) is 0 Å². The summed E-state index contributed by atoms with van der Waals surface area (Å²) in [5, 5.41) is 23.8. The van der Waals surface area contributed by atoms with E-state index in [-0.39, 0.29) is 84.8 Å². The van der Waals surface area contributed by atoms with Gasteiger partial charge in [0.15, 0.2) is 5.65 Å². The number of fused-ring (bicyclic) bond motifs is 2. The van der Waals surface area contributed by atoms with E-state index in [1.54, 1.807) is 25.2 Å². The summed E-state index contributed by atoms with van der Waals surface area (Å²) in [4.78, 5) is 29.0. The summed E-state index contributed by atoms with van der Waals surface area (Å²) in [6.07, 6.45) is 1.57. The number of amides is 1. The Hall–Kier alpha value is -5.63. The van der Waals surface area contributed by atoms with Gasteiger partial charge in [-0.15, -0.1) is 0 Å². The van der Waals surface area contributed by atoms with Crippen molar-refractivity contribution in [3.8, 4) is 28.8 Å². The molecule has 2 atom stereocenters. The molecule has 2 aliphatic rings. The fourth-order valence-electron chi connectivity index (χ4n) is 6.15. The monoisotopic (exact) mass is 719 g/mol. The van der Waals surface area contributed by atoms with Crippen molar-refractivity contribution in [1.29, 1.82) is 0 Å². The molecule has 1 amide bonds. The van der Waals surface area contributed by atoms with Crippen molar-refractivity contribution in [2.45, 2.75) is 26.2 Å². The molecule has 16 heteroatoms. The number of nitrogens with zero attached hydrogens (tertiary/aromatic N) is 6. The first-order chi connectivity index (χ1) is 24.9. The number of aromatic hydroxyl groups is 1. The van der Waals surface area contributed by atoms with Gasteiger partial charge in [-0.25, -0.2) is 24.0 Å². The van der Waals surface area contributed by atoms with Gasteiger partial charge >= 0.3 is 6.18 Å². The minimum Gasteiger partial charge on any atom is -0.508 e. The van der Waals surface area contributed by atoms with Crippen LogP contribution in [-0.2, 0) is 33.5 Å². The van der Waals surface area contributed by atoms with Crippen molar-refractivity contribution in [2.24, 2.45) is 16.3 Å². The molecule has 2 aromatic heterocycles. The number of carbonyl (C=O) groups excluding carboxylic acids is 1. The molecule has 52 heavy (non-hydrogen) atoms. The zero-order valence-corrected chi connectivity index (χ0v) is 27.8. The molecule has 12 nitrogen and oxygen atoms in total. The highest BCUT2D eigenvalue weighted by molar-refractivity contribution is 6.05. The molecule has 1 aliphatic carbocycles. The number of rotatable bonds is 11. The lowest BCUT2D eigenvalue weighted by Gasteiger charge is -2.40. The van der Waals surface area contributed by atoms with Crippen LogP contribution < -0.4 is 5.73 Å². The number of hydrogen-bond donors (Lipinski definition) is 3. The van der Waals surface area contributed by atoms with E-state index < -0.39 is 41.3 Å². The van der Waals surface area contributed by atoms with Crippen molar-refractivity contribution in [3.05, 3.63) is 89.7 Å². The number of aliphatic hydroxyl groups is 1. The summed E-state index contributed by atoms with van der Waals surface area (Å²) < 4.78 is 68.9. The van der Waals surface area contributed by atoms with Crippen molar-refractivity contribution >= 4 is 28.6 Å². The van der Waals surface area contributed by atoms with Crippen molar-refractivity contribution in [2.75, 3.05) is 38.8 Å². The third-order valence-corrected chi connectivity index (χ3v) is 8.48. The number of allylic oxidation sites excluding steroid dienone is 3. The fourth-order valence-corrected chi connectivity index (χ4v) is 6.15. The Labute approximate surface area is 294 Å². The number of ether oxygens (including phenoxy) is 2. The zero-order valence-electron chi connectivity index (χ0n) is 27.8. The van der Waals surface area contributed by atoms with E-state index in [1.807, 2.05) is 0 Å². The van der Waals surface area contributed by atoms with E-state index in [0.29, 0.717) is 5.70 Å². The van der Waals surface area contributed by atoms with Crippen molar-refractivity contribution in [1.82, 2.24) is 24.6 Å². The number of anilines is 1. The van der Waals surface area contributed by atoms with Crippen LogP contribution in [0.1, 0.15) is 18.1 Å². The molecular formula is C36H33F4N7O5. The minimum absolute atomic E-state index is 0.00353. The molecule has 6 rings (SSSR count). The van der Waals surface area contributed by atoms with Crippen molar-refractivity contribution in [3.63, 3.8) is 0 Å². The van der Waals surface area contributed by atoms with Crippen LogP contribution >= 0.6 is 0 Å². The topological polar surface area (TPSA) is 161 Å². The second kappa shape index (κ2) is 14.9. The molecule has 0 saturated heterocycles. The molecule has 0 radical (unpaired) electrons. The lowest BCUT2D eigenvalue weighted by atomic mass is 9.71. The summed E-state index contributed by atoms with van der Waals surface area (Å²) in [6, 6.07) is 8.31. The predicted molar refractivity (Wildman–Crippen MR) is 182 cm³/mol. The molecule has 270 valence electrons. The average Bonchev–Trinajstić information content (AvgIpc) is 3.46. The van der Waals surface area contributed by atoms with Gasteiger partial charge in [0.1, 0.15) is 54.3 Å². The molecule has 1 aliphatic heterocycles. The number of amidine groups is 1. The molecule has 2 unspecified atom stereocenters. The quantitative estimate of drug-likeness (QED) is 0.115. The highest BCUT2D eigenvalue weighted by atomic mass is 19.4. The fraction of sp³-hybridized carbons (Fsp3) is 0.306. The molecule has 0 bridgehead atoms. The van der Waals surface area contributed by atoms with Crippen LogP contribution in [0.15, 0.2) is 77.7 Å². The second-order valence-corrected chi connectivity index (χ2v) is 12.1. The molecule has 2 aromatic carbocycles. The Bertz CT molecular complexity index is 2130. The molecule has 4 aromatic rings. The van der Waals surface area contributed by atoms with Crippen LogP contribution in [0.2, 0.25) is 0 Å². The van der Waals surface area contributed by atoms with E-state index in [1.165, 1.54) is 40.2 Å². The number of nitrogens with two attached hydrogens (primary N) is 1. The number of alkyl halides is 3. The van der Waals surface area contributed by atoms with E-state index in [4.69, 9.17) is 25.3 Å². The first-order valence-corrected chi connectivity index (χ1v) is 16.1. The molecule has 0 saturated carbocycles. The van der Waals surface area contributed by atoms with Crippen LogP contribution in [-0.4, -0.2) is 79.6 Å². The smallest absolute Gasteiger partial charge is 0.416 e. The molecule has 4 N–H and O–H groups in total. The van der Waals surface area contributed by atoms with E-state index in [9.17, 15) is 27.5 Å². The van der Waals surface area contributed by atoms with Crippen molar-refractivity contribution < 1.29 is 42.0 Å². The minimum atomic E-state index is -4.70. The SMILES string of the molecule is CC1(C#CCOCCOCCO)C=CC=C2N=C(Cn3nc(-c4cc(O)cc(F)c4)c4c(N)ncnc43)N(Cc3ccccc3C(F)(F)F)C(=O)C21. The molecule has 3 heterocycles. The first kappa shape index (κ1) is 36.2. The Morgan fingerprint density at radius 1 is 1.08 bits per heavy atom. The molecule has 0 fully saturated rings. The first-order valence-electron chi connectivity index (χ1n) is 16.1. The summed E-state index contributed by atoms with van der Waals surface area (Å²) >= 11 is 0. The number of hydrogen-bond acceptors (Lipinski definition) is 10. The Kier molecular flexibility index (Phi) is 10.4. The van der Waals surface area contributed by atoms with Gasteiger partial charge in [0, 0.05) is 11.6 Å². The third-order valence-electron chi connectivity index (χ3n) is 8.48. The van der Waals surface area contributed by atoms with Gasteiger partial charge in [0.2, 0.25) is 5.91 Å². The van der Waals surface area contributed by atoms with Crippen LogP contribution in [0.5, 0.6) is 5.75 Å². The van der Waals surface area contributed by atoms with E-state index in [2.05, 4.69) is 26.9 Å². The highest BCUT2D eigenvalue weighted by Gasteiger charge is 2.47. The Morgan fingerprint density at radius 2 is 1.87 bits per heavy atom. The summed E-state index contributed by atoms with van der Waals surface area (Å²) in [6.45, 7) is 1.57. The number of phenols is 1. The number of phenolic OH excluding ortho intramolecular Hbond substituents is 1. The Balaban J connectivity index is 1.40. The number of aromatic nitrogens is 4. The van der Waals surface area contributed by atoms with E-state index >= 15 is 0 Å². The van der Waals surface area contributed by atoms with Gasteiger partial charge in [-0.05, 0) is 36.8 Å². The Morgan fingerprint density at radius 3 is 2.63 bits per heavy atom. The average molecular weight is 720 g/mol. The number of nitrogen functional groups attached to an aromatic ring is 1. The van der Waals surface area contributed by atoms with Gasteiger partial charge in [-0.2, -0.15) is 18.3 Å². The zero-order chi connectivity index (χ0) is 37.0. The van der Waals surface area contributed by atoms with Gasteiger partial charge in [0.05, 0.1) is 55.0 Å². The maximum absolute atomic E-state index is 14.6. The van der Waals surface area contributed by atoms with Gasteiger partial charge in [-0.3, -0.25) is 9.69 Å². The third kappa shape index (κ3) is 7.52. The summed E-state index contributed by atoms with van der Waals surface area (Å²) in [5.74, 6) is 3.44. The van der Waals surface area contributed by atoms with Crippen LogP contribution in [0.25, 0.3) is 22.3 Å². The lowest BCUT2D eigenvalue weighted by molar-refractivity contribution is -0.140. The highest BCUT2D eigenvalue weighted by Crippen LogP contribution is 2.43. The largest absolute Gasteiger partial charge is 0.508 e. The van der Waals surface area contributed by atoms with Crippen LogP contribution in [0.4, 0.5) is 23.4 Å². The second-order valence-electron chi connectivity index (χ2n) is 12.1. The summed E-state index contributed by atoms with van der Waals surface area (Å²) in [5.41, 5.74) is 4.83. The standard InChI is InChI=1S/C36H33F4N7O5/c1-35(10-5-12-51-14-15-52-13-11-48)9-4-8-27-30(35)34(50)46(19-22-6-2-3-7-26(22)36(38,39)40)28(44-27)20-47-33-29(32(41)42-21-43-33)31(45-47)23-16-24(37)18-25(49)17-23/h2-4,6-9,16-18,21,30,48-49H,11-15,19-20H2,1H3,(H2,41,42,43). The predicted octanol–water partition coefficient (Wildman–Crippen LogP) is 4.49. The van der Waals surface area contributed by atoms with Gasteiger partial charge in [0.25, 0.3) is 0 Å². The molecular weight excluding hydrogens is 686 g/mol. The number of aliphatic hydroxyl groups excluding tert-OH is 1. The van der Waals surface area contributed by atoms with E-state index in [0.717, 1.165) is 18.2 Å². The lowest BCUT2D eigenvalue weighted by Crippen LogP contribution is -2.50.